The van der Waals surface area contributed by atoms with Crippen LogP contribution in [0.3, 0.4) is 0 Å². The number of hydrogen-bond donors (Lipinski definition) is 2. The van der Waals surface area contributed by atoms with Gasteiger partial charge in [0.1, 0.15) is 5.52 Å². The molecule has 0 unspecified atom stereocenters. The standard InChI is InChI=1S/C27H27N3O3/c1-17-2-12-24-25(14-17)33-27(30-24)29-22-11-13-23(28-16-22)21-9-7-20(8-10-21)19-5-3-18(4-6-19)15-26(31)32/h2,7-14,16,18-19H,3-6,15H2,1H3,(H,29,30)(H,31,32). The van der Waals surface area contributed by atoms with Crippen LogP contribution in [0.2, 0.25) is 0 Å². The van der Waals surface area contributed by atoms with E-state index >= 15 is 0 Å². The Morgan fingerprint density at radius 3 is 2.55 bits per heavy atom. The number of hydrogen-bond acceptors (Lipinski definition) is 5. The molecule has 4 aromatic rings. The van der Waals surface area contributed by atoms with E-state index in [0.29, 0.717) is 24.3 Å². The van der Waals surface area contributed by atoms with Gasteiger partial charge in [0.05, 0.1) is 17.6 Å². The van der Waals surface area contributed by atoms with Gasteiger partial charge in [-0.1, -0.05) is 30.3 Å². The van der Waals surface area contributed by atoms with E-state index in [1.165, 1.54) is 5.56 Å². The lowest BCUT2D eigenvalue weighted by Gasteiger charge is -2.28. The zero-order valence-electron chi connectivity index (χ0n) is 18.6. The Morgan fingerprint density at radius 2 is 1.85 bits per heavy atom. The number of aromatic nitrogens is 2. The van der Waals surface area contributed by atoms with E-state index < -0.39 is 5.97 Å². The van der Waals surface area contributed by atoms with Crippen molar-refractivity contribution in [2.24, 2.45) is 5.92 Å². The molecule has 5 rings (SSSR count). The number of fused-ring (bicyclic) bond motifs is 1. The summed E-state index contributed by atoms with van der Waals surface area (Å²) in [5, 5.41) is 12.2. The molecule has 6 nitrogen and oxygen atoms in total. The van der Waals surface area contributed by atoms with E-state index in [1.54, 1.807) is 6.20 Å². The molecule has 0 atom stereocenters. The van der Waals surface area contributed by atoms with E-state index in [4.69, 9.17) is 9.52 Å². The third-order valence-corrected chi connectivity index (χ3v) is 6.55. The Bertz CT molecular complexity index is 1250. The fourth-order valence-corrected chi connectivity index (χ4v) is 4.72. The Balaban J connectivity index is 1.22. The van der Waals surface area contributed by atoms with Crippen LogP contribution in [0.4, 0.5) is 11.7 Å². The second-order valence-corrected chi connectivity index (χ2v) is 8.98. The lowest BCUT2D eigenvalue weighted by molar-refractivity contribution is -0.138. The maximum atomic E-state index is 10.9. The van der Waals surface area contributed by atoms with Crippen LogP contribution in [-0.2, 0) is 4.79 Å². The van der Waals surface area contributed by atoms with E-state index in [0.717, 1.165) is 59.3 Å². The topological polar surface area (TPSA) is 88.2 Å². The van der Waals surface area contributed by atoms with Gasteiger partial charge in [-0.05, 0) is 79.8 Å². The van der Waals surface area contributed by atoms with Gasteiger partial charge >= 0.3 is 5.97 Å². The smallest absolute Gasteiger partial charge is 0.303 e. The summed E-state index contributed by atoms with van der Waals surface area (Å²) in [6, 6.07) is 19.0. The van der Waals surface area contributed by atoms with Gasteiger partial charge in [-0.2, -0.15) is 4.98 Å². The molecule has 2 aromatic heterocycles. The minimum atomic E-state index is -0.680. The number of pyridine rings is 1. The highest BCUT2D eigenvalue weighted by Gasteiger charge is 2.24. The number of oxazole rings is 1. The van der Waals surface area contributed by atoms with Crippen molar-refractivity contribution >= 4 is 28.8 Å². The van der Waals surface area contributed by atoms with Crippen molar-refractivity contribution < 1.29 is 14.3 Å². The monoisotopic (exact) mass is 441 g/mol. The first-order chi connectivity index (χ1) is 16.0. The summed E-state index contributed by atoms with van der Waals surface area (Å²) < 4.78 is 5.78. The molecule has 33 heavy (non-hydrogen) atoms. The van der Waals surface area contributed by atoms with Crippen molar-refractivity contribution in [2.45, 2.75) is 44.9 Å². The van der Waals surface area contributed by atoms with E-state index in [1.807, 2.05) is 37.3 Å². The zero-order valence-corrected chi connectivity index (χ0v) is 18.6. The predicted molar refractivity (Wildman–Crippen MR) is 129 cm³/mol. The van der Waals surface area contributed by atoms with Gasteiger partial charge in [-0.15, -0.1) is 0 Å². The number of benzene rings is 2. The summed E-state index contributed by atoms with van der Waals surface area (Å²) in [5.74, 6) is 0.164. The van der Waals surface area contributed by atoms with Crippen LogP contribution in [0.15, 0.2) is 65.2 Å². The molecule has 0 bridgehead atoms. The van der Waals surface area contributed by atoms with Crippen LogP contribution in [0.25, 0.3) is 22.4 Å². The number of aryl methyl sites for hydroxylation is 1. The third kappa shape index (κ3) is 4.90. The van der Waals surface area contributed by atoms with Crippen molar-refractivity contribution in [3.63, 3.8) is 0 Å². The number of nitrogens with zero attached hydrogens (tertiary/aromatic N) is 2. The Hall–Kier alpha value is -3.67. The molecule has 1 fully saturated rings. The summed E-state index contributed by atoms with van der Waals surface area (Å²) in [6.07, 6.45) is 6.20. The zero-order chi connectivity index (χ0) is 22.8. The van der Waals surface area contributed by atoms with Crippen molar-refractivity contribution in [1.82, 2.24) is 9.97 Å². The van der Waals surface area contributed by atoms with Gasteiger partial charge in [0.15, 0.2) is 5.58 Å². The summed E-state index contributed by atoms with van der Waals surface area (Å²) in [4.78, 5) is 20.0. The average Bonchev–Trinajstić information content (AvgIpc) is 3.21. The molecule has 168 valence electrons. The molecule has 2 N–H and O–H groups in total. The largest absolute Gasteiger partial charge is 0.481 e. The van der Waals surface area contributed by atoms with E-state index in [-0.39, 0.29) is 0 Å². The third-order valence-electron chi connectivity index (χ3n) is 6.55. The minimum absolute atomic E-state index is 0.300. The van der Waals surface area contributed by atoms with E-state index in [2.05, 4.69) is 39.6 Å². The van der Waals surface area contributed by atoms with Crippen LogP contribution in [-0.4, -0.2) is 21.0 Å². The SMILES string of the molecule is Cc1ccc2nc(Nc3ccc(-c4ccc(C5CCC(CC(=O)O)CC5)cc4)nc3)oc2c1. The second kappa shape index (κ2) is 9.06. The molecule has 2 aromatic carbocycles. The van der Waals surface area contributed by atoms with Crippen LogP contribution < -0.4 is 5.32 Å². The molecule has 1 aliphatic carbocycles. The fraction of sp³-hybridized carbons (Fsp3) is 0.296. The number of anilines is 2. The second-order valence-electron chi connectivity index (χ2n) is 8.98. The van der Waals surface area contributed by atoms with Gasteiger partial charge in [0.25, 0.3) is 6.01 Å². The maximum Gasteiger partial charge on any atom is 0.303 e. The molecule has 0 spiro atoms. The van der Waals surface area contributed by atoms with Crippen molar-refractivity contribution in [2.75, 3.05) is 5.32 Å². The number of carbonyl (C=O) groups is 1. The normalized spacial score (nSPS) is 18.3. The van der Waals surface area contributed by atoms with Gasteiger partial charge in [0.2, 0.25) is 0 Å². The molecule has 0 aliphatic heterocycles. The molecule has 2 heterocycles. The quantitative estimate of drug-likeness (QED) is 0.346. The molecule has 1 saturated carbocycles. The number of nitrogens with one attached hydrogen (secondary N) is 1. The highest BCUT2D eigenvalue weighted by atomic mass is 16.4. The van der Waals surface area contributed by atoms with Crippen molar-refractivity contribution in [1.29, 1.82) is 0 Å². The van der Waals surface area contributed by atoms with Crippen molar-refractivity contribution in [3.8, 4) is 11.3 Å². The average molecular weight is 442 g/mol. The van der Waals surface area contributed by atoms with Gasteiger partial charge < -0.3 is 14.8 Å². The molecular formula is C27H27N3O3. The first-order valence-corrected chi connectivity index (χ1v) is 11.5. The summed E-state index contributed by atoms with van der Waals surface area (Å²) in [6.45, 7) is 2.02. The van der Waals surface area contributed by atoms with Crippen LogP contribution >= 0.6 is 0 Å². The maximum absolute atomic E-state index is 10.9. The first-order valence-electron chi connectivity index (χ1n) is 11.5. The fourth-order valence-electron chi connectivity index (χ4n) is 4.72. The number of carboxylic acids is 1. The first kappa shape index (κ1) is 21.2. The lowest BCUT2D eigenvalue weighted by atomic mass is 9.77. The Kier molecular flexibility index (Phi) is 5.82. The van der Waals surface area contributed by atoms with Gasteiger partial charge in [0, 0.05) is 12.0 Å². The molecule has 0 amide bonds. The predicted octanol–water partition coefficient (Wildman–Crippen LogP) is 6.69. The Labute approximate surface area is 192 Å². The van der Waals surface area contributed by atoms with Crippen LogP contribution in [0, 0.1) is 12.8 Å². The van der Waals surface area contributed by atoms with Gasteiger partial charge in [-0.3, -0.25) is 9.78 Å². The van der Waals surface area contributed by atoms with Crippen LogP contribution in [0.5, 0.6) is 0 Å². The molecule has 0 saturated heterocycles. The minimum Gasteiger partial charge on any atom is -0.481 e. The molecule has 6 heteroatoms. The molecular weight excluding hydrogens is 414 g/mol. The van der Waals surface area contributed by atoms with Crippen molar-refractivity contribution in [3.05, 3.63) is 71.9 Å². The summed E-state index contributed by atoms with van der Waals surface area (Å²) in [7, 11) is 0. The molecule has 0 radical (unpaired) electrons. The number of aliphatic carboxylic acids is 1. The summed E-state index contributed by atoms with van der Waals surface area (Å²) >= 11 is 0. The molecule has 1 aliphatic rings. The number of carboxylic acid groups (broad SMARTS) is 1. The van der Waals surface area contributed by atoms with E-state index in [9.17, 15) is 4.79 Å². The highest BCUT2D eigenvalue weighted by molar-refractivity contribution is 5.76. The summed E-state index contributed by atoms with van der Waals surface area (Å²) in [5.41, 5.74) is 6.84. The number of rotatable bonds is 6. The Morgan fingerprint density at radius 1 is 1.06 bits per heavy atom. The highest BCUT2D eigenvalue weighted by Crippen LogP contribution is 2.37. The lowest BCUT2D eigenvalue weighted by Crippen LogP contribution is -2.16. The van der Waals surface area contributed by atoms with Crippen LogP contribution in [0.1, 0.15) is 49.1 Å². The van der Waals surface area contributed by atoms with Gasteiger partial charge in [-0.25, -0.2) is 0 Å².